The number of aromatic nitrogens is 2. The standard InChI is InChI=1S/C12H13N3/c1-7-3-4-9-10(13-7)5-6-11-12(9)15-8(2)14-11/h3-6,10,13H,1-2H3,(H,14,15). The van der Waals surface area contributed by atoms with E-state index in [0.29, 0.717) is 0 Å². The summed E-state index contributed by atoms with van der Waals surface area (Å²) in [4.78, 5) is 7.77. The molecule has 0 spiro atoms. The van der Waals surface area contributed by atoms with Crippen LogP contribution in [0.25, 0.3) is 11.6 Å². The van der Waals surface area contributed by atoms with Crippen LogP contribution < -0.4 is 5.32 Å². The molecule has 0 saturated heterocycles. The largest absolute Gasteiger partial charge is 0.378 e. The fourth-order valence-electron chi connectivity index (χ4n) is 2.11. The van der Waals surface area contributed by atoms with E-state index in [9.17, 15) is 0 Å². The second-order valence-electron chi connectivity index (χ2n) is 4.04. The Balaban J connectivity index is 2.17. The van der Waals surface area contributed by atoms with Gasteiger partial charge in [-0.25, -0.2) is 4.98 Å². The Hall–Kier alpha value is -1.77. The van der Waals surface area contributed by atoms with Crippen molar-refractivity contribution in [2.24, 2.45) is 0 Å². The lowest BCUT2D eigenvalue weighted by molar-refractivity contribution is 0.786. The van der Waals surface area contributed by atoms with Crippen molar-refractivity contribution in [3.63, 3.8) is 0 Å². The molecule has 3 rings (SSSR count). The highest BCUT2D eigenvalue weighted by atomic mass is 15.0. The third kappa shape index (κ3) is 1.23. The number of nitrogens with zero attached hydrogens (tertiary/aromatic N) is 1. The summed E-state index contributed by atoms with van der Waals surface area (Å²) in [5.74, 6) is 0.970. The summed E-state index contributed by atoms with van der Waals surface area (Å²) < 4.78 is 0. The van der Waals surface area contributed by atoms with Gasteiger partial charge in [0.25, 0.3) is 0 Å². The van der Waals surface area contributed by atoms with E-state index in [1.165, 1.54) is 11.3 Å². The Morgan fingerprint density at radius 3 is 3.00 bits per heavy atom. The normalized spacial score (nSPS) is 22.4. The number of allylic oxidation sites excluding steroid dienone is 3. The number of H-pyrrole nitrogens is 1. The molecule has 1 unspecified atom stereocenters. The van der Waals surface area contributed by atoms with Crippen LogP contribution in [-0.2, 0) is 0 Å². The minimum absolute atomic E-state index is 0.283. The fraction of sp³-hybridized carbons (Fsp3) is 0.250. The number of hydrogen-bond acceptors (Lipinski definition) is 2. The van der Waals surface area contributed by atoms with Gasteiger partial charge in [-0.2, -0.15) is 0 Å². The summed E-state index contributed by atoms with van der Waals surface area (Å²) in [5, 5.41) is 3.42. The Kier molecular flexibility index (Phi) is 1.63. The van der Waals surface area contributed by atoms with E-state index in [0.717, 1.165) is 17.2 Å². The quantitative estimate of drug-likeness (QED) is 0.671. The zero-order valence-corrected chi connectivity index (χ0v) is 8.83. The molecule has 1 aliphatic heterocycles. The predicted molar refractivity (Wildman–Crippen MR) is 61.0 cm³/mol. The van der Waals surface area contributed by atoms with Crippen LogP contribution in [0.15, 0.2) is 23.9 Å². The van der Waals surface area contributed by atoms with Gasteiger partial charge in [0.15, 0.2) is 0 Å². The first-order chi connectivity index (χ1) is 7.24. The summed E-state index contributed by atoms with van der Waals surface area (Å²) in [6.07, 6.45) is 8.52. The van der Waals surface area contributed by atoms with Crippen molar-refractivity contribution in [1.29, 1.82) is 0 Å². The molecule has 0 aromatic carbocycles. The third-order valence-corrected chi connectivity index (χ3v) is 2.81. The molecular formula is C12H13N3. The van der Waals surface area contributed by atoms with Crippen molar-refractivity contribution in [2.75, 3.05) is 0 Å². The molecule has 1 atom stereocenters. The van der Waals surface area contributed by atoms with Crippen molar-refractivity contribution < 1.29 is 0 Å². The lowest BCUT2D eigenvalue weighted by atomic mass is 9.94. The van der Waals surface area contributed by atoms with Crippen LogP contribution in [0.2, 0.25) is 0 Å². The molecule has 2 N–H and O–H groups in total. The number of rotatable bonds is 0. The van der Waals surface area contributed by atoms with Gasteiger partial charge in [0.05, 0.1) is 17.4 Å². The molecule has 15 heavy (non-hydrogen) atoms. The molecule has 0 amide bonds. The van der Waals surface area contributed by atoms with Crippen LogP contribution in [0.4, 0.5) is 0 Å². The molecule has 0 bridgehead atoms. The van der Waals surface area contributed by atoms with E-state index in [4.69, 9.17) is 0 Å². The Morgan fingerprint density at radius 1 is 1.27 bits per heavy atom. The number of hydrogen-bond donors (Lipinski definition) is 2. The maximum Gasteiger partial charge on any atom is 0.104 e. The number of dihydropyridines is 1. The summed E-state index contributed by atoms with van der Waals surface area (Å²) >= 11 is 0. The van der Waals surface area contributed by atoms with Crippen molar-refractivity contribution >= 4 is 11.6 Å². The van der Waals surface area contributed by atoms with Crippen LogP contribution in [0.5, 0.6) is 0 Å². The van der Waals surface area contributed by atoms with E-state index in [1.54, 1.807) is 0 Å². The van der Waals surface area contributed by atoms with Gasteiger partial charge in [-0.1, -0.05) is 12.2 Å². The SMILES string of the molecule is CC1=CC=C2c3nc(C)[nH]c3C=CC2N1. The van der Waals surface area contributed by atoms with E-state index >= 15 is 0 Å². The molecule has 3 nitrogen and oxygen atoms in total. The first-order valence-corrected chi connectivity index (χ1v) is 5.14. The molecule has 0 radical (unpaired) electrons. The van der Waals surface area contributed by atoms with Crippen molar-refractivity contribution in [2.45, 2.75) is 19.9 Å². The van der Waals surface area contributed by atoms with Gasteiger partial charge in [-0.15, -0.1) is 0 Å². The molecule has 3 heteroatoms. The molecule has 0 saturated carbocycles. The molecule has 76 valence electrons. The van der Waals surface area contributed by atoms with Gasteiger partial charge in [-0.3, -0.25) is 0 Å². The number of imidazole rings is 1. The topological polar surface area (TPSA) is 40.7 Å². The highest BCUT2D eigenvalue weighted by Gasteiger charge is 2.23. The van der Waals surface area contributed by atoms with Crippen LogP contribution >= 0.6 is 0 Å². The molecule has 1 aromatic rings. The Bertz CT molecular complexity index is 503. The second-order valence-corrected chi connectivity index (χ2v) is 4.04. The minimum atomic E-state index is 0.283. The Morgan fingerprint density at radius 2 is 2.13 bits per heavy atom. The molecule has 2 aliphatic rings. The smallest absolute Gasteiger partial charge is 0.104 e. The highest BCUT2D eigenvalue weighted by molar-refractivity contribution is 5.81. The molecule has 1 aliphatic carbocycles. The highest BCUT2D eigenvalue weighted by Crippen LogP contribution is 2.29. The zero-order chi connectivity index (χ0) is 10.4. The van der Waals surface area contributed by atoms with Crippen LogP contribution in [-0.4, -0.2) is 16.0 Å². The number of nitrogens with one attached hydrogen (secondary N) is 2. The van der Waals surface area contributed by atoms with Crippen molar-refractivity contribution in [1.82, 2.24) is 15.3 Å². The van der Waals surface area contributed by atoms with E-state index in [2.05, 4.69) is 46.5 Å². The maximum absolute atomic E-state index is 4.52. The third-order valence-electron chi connectivity index (χ3n) is 2.81. The van der Waals surface area contributed by atoms with Gasteiger partial charge in [-0.05, 0) is 26.0 Å². The fourth-order valence-corrected chi connectivity index (χ4v) is 2.11. The molecule has 1 aromatic heterocycles. The maximum atomic E-state index is 4.52. The summed E-state index contributed by atoms with van der Waals surface area (Å²) in [7, 11) is 0. The average molecular weight is 199 g/mol. The minimum Gasteiger partial charge on any atom is -0.378 e. The van der Waals surface area contributed by atoms with E-state index < -0.39 is 0 Å². The Labute approximate surface area is 88.6 Å². The van der Waals surface area contributed by atoms with Crippen LogP contribution in [0.3, 0.4) is 0 Å². The second kappa shape index (κ2) is 2.86. The van der Waals surface area contributed by atoms with Crippen LogP contribution in [0, 0.1) is 6.92 Å². The van der Waals surface area contributed by atoms with Crippen molar-refractivity contribution in [3.8, 4) is 0 Å². The van der Waals surface area contributed by atoms with Gasteiger partial charge >= 0.3 is 0 Å². The monoisotopic (exact) mass is 199 g/mol. The lowest BCUT2D eigenvalue weighted by Gasteiger charge is -2.25. The first-order valence-electron chi connectivity index (χ1n) is 5.14. The van der Waals surface area contributed by atoms with Crippen molar-refractivity contribution in [3.05, 3.63) is 41.1 Å². The van der Waals surface area contributed by atoms with E-state index in [1.807, 2.05) is 6.92 Å². The molecule has 2 heterocycles. The lowest BCUT2D eigenvalue weighted by Crippen LogP contribution is -2.30. The number of aromatic amines is 1. The molecule has 0 fully saturated rings. The zero-order valence-electron chi connectivity index (χ0n) is 8.83. The number of fused-ring (bicyclic) bond motifs is 3. The van der Waals surface area contributed by atoms with Gasteiger partial charge in [0.2, 0.25) is 0 Å². The summed E-state index contributed by atoms with van der Waals surface area (Å²) in [6.45, 7) is 4.06. The average Bonchev–Trinajstić information content (AvgIpc) is 2.58. The van der Waals surface area contributed by atoms with Gasteiger partial charge in [0, 0.05) is 11.3 Å². The summed E-state index contributed by atoms with van der Waals surface area (Å²) in [5.41, 5.74) is 4.65. The van der Waals surface area contributed by atoms with Crippen LogP contribution in [0.1, 0.15) is 24.1 Å². The van der Waals surface area contributed by atoms with E-state index in [-0.39, 0.29) is 6.04 Å². The molecular weight excluding hydrogens is 186 g/mol. The predicted octanol–water partition coefficient (Wildman–Crippen LogP) is 2.00. The number of aryl methyl sites for hydroxylation is 1. The first kappa shape index (κ1) is 8.53. The van der Waals surface area contributed by atoms with Gasteiger partial charge in [0.1, 0.15) is 5.82 Å². The van der Waals surface area contributed by atoms with Gasteiger partial charge < -0.3 is 10.3 Å². The summed E-state index contributed by atoms with van der Waals surface area (Å²) in [6, 6.07) is 0.283.